The molecule has 61 heavy (non-hydrogen) atoms. The zero-order valence-electron chi connectivity index (χ0n) is 35.6. The number of benzene rings is 7. The fraction of sp³-hybridized carbons (Fsp3) is 0.161. The van der Waals surface area contributed by atoms with Crippen molar-refractivity contribution in [3.05, 3.63) is 198 Å². The normalized spacial score (nSPS) is 12.7. The van der Waals surface area contributed by atoms with Crippen LogP contribution >= 0.6 is 0 Å². The highest BCUT2D eigenvalue weighted by atomic mass is 16.5. The molecule has 2 aromatic heterocycles. The zero-order valence-corrected chi connectivity index (χ0v) is 35.6. The summed E-state index contributed by atoms with van der Waals surface area (Å²) in [5.74, 6) is 2.47. The molecule has 5 nitrogen and oxygen atoms in total. The smallest absolute Gasteiger partial charge is 0.137 e. The number of ether oxygens (including phenoxy) is 1. The predicted molar refractivity (Wildman–Crippen MR) is 255 cm³/mol. The van der Waals surface area contributed by atoms with E-state index >= 15 is 0 Å². The molecule has 0 saturated carbocycles. The van der Waals surface area contributed by atoms with Gasteiger partial charge in [-0.3, -0.25) is 4.57 Å². The van der Waals surface area contributed by atoms with Crippen molar-refractivity contribution in [1.29, 1.82) is 0 Å². The van der Waals surface area contributed by atoms with Gasteiger partial charge in [0.1, 0.15) is 17.3 Å². The van der Waals surface area contributed by atoms with Crippen LogP contribution in [0.3, 0.4) is 0 Å². The van der Waals surface area contributed by atoms with E-state index in [0.29, 0.717) is 0 Å². The van der Waals surface area contributed by atoms with Gasteiger partial charge in [-0.25, -0.2) is 4.98 Å². The second kappa shape index (κ2) is 15.5. The number of aryl methyl sites for hydroxylation is 2. The summed E-state index contributed by atoms with van der Waals surface area (Å²) in [4.78, 5) is 9.78. The van der Waals surface area contributed by atoms with Crippen LogP contribution in [0, 0.1) is 13.8 Å². The Morgan fingerprint density at radius 1 is 0.590 bits per heavy atom. The lowest BCUT2D eigenvalue weighted by atomic mass is 9.88. The Morgan fingerprint density at radius 2 is 1.31 bits per heavy atom. The maximum absolute atomic E-state index is 6.71. The molecule has 5 heteroatoms. The molecule has 300 valence electrons. The lowest BCUT2D eigenvalue weighted by Gasteiger charge is -2.23. The highest BCUT2D eigenvalue weighted by molar-refractivity contribution is 6.09. The van der Waals surface area contributed by atoms with Crippen LogP contribution in [0.1, 0.15) is 43.0 Å². The Morgan fingerprint density at radius 3 is 2.13 bits per heavy atom. The van der Waals surface area contributed by atoms with Gasteiger partial charge >= 0.3 is 0 Å². The Bertz CT molecular complexity index is 3050. The van der Waals surface area contributed by atoms with Crippen molar-refractivity contribution in [2.75, 3.05) is 23.0 Å². The summed E-state index contributed by atoms with van der Waals surface area (Å²) < 4.78 is 8.97. The summed E-state index contributed by atoms with van der Waals surface area (Å²) in [6.45, 7) is 12.8. The largest absolute Gasteiger partial charge is 0.457 e. The molecular weight excluding hydrogens is 745 g/mol. The van der Waals surface area contributed by atoms with Gasteiger partial charge in [-0.2, -0.15) is 0 Å². The van der Waals surface area contributed by atoms with Gasteiger partial charge in [0.25, 0.3) is 0 Å². The topological polar surface area (TPSA) is 33.5 Å². The summed E-state index contributed by atoms with van der Waals surface area (Å²) in [6.07, 6.45) is 2.84. The molecule has 0 aliphatic carbocycles. The van der Waals surface area contributed by atoms with Crippen molar-refractivity contribution in [1.82, 2.24) is 9.55 Å². The molecule has 0 fully saturated rings. The van der Waals surface area contributed by atoms with E-state index in [1.54, 1.807) is 0 Å². The van der Waals surface area contributed by atoms with Gasteiger partial charge in [-0.15, -0.1) is 0 Å². The van der Waals surface area contributed by atoms with E-state index in [1.165, 1.54) is 66.7 Å². The first-order chi connectivity index (χ1) is 29.7. The molecule has 9 aromatic rings. The minimum atomic E-state index is 0.00225. The minimum Gasteiger partial charge on any atom is -0.457 e. The van der Waals surface area contributed by atoms with Crippen LogP contribution in [0.15, 0.2) is 176 Å². The molecule has 3 heterocycles. The second-order valence-corrected chi connectivity index (χ2v) is 17.4. The number of para-hydroxylation sites is 3. The van der Waals surface area contributed by atoms with Crippen LogP contribution < -0.4 is 14.5 Å². The van der Waals surface area contributed by atoms with Crippen LogP contribution in [0.25, 0.3) is 49.9 Å². The molecular formula is C56H50N4O. The van der Waals surface area contributed by atoms with Gasteiger partial charge in [0.15, 0.2) is 0 Å². The van der Waals surface area contributed by atoms with Crippen LogP contribution in [0.4, 0.5) is 17.1 Å². The standard InChI is InChI=1S/C56H50N4O/c1-38-15-13-16-39(2)55(38)42-26-25-41(49(33-42)40-17-7-6-8-18-40)30-32-58-37-59(52-24-12-11-23-51(52)58)44-19-14-20-45(35-44)61-46-27-28-48-47-21-9-10-22-50(47)60(53(48)36-46)54-34-43(29-31-57-54)56(3,4)5/h6-29,31,33-36H,30,32,37H2,1-5H3. The van der Waals surface area contributed by atoms with Gasteiger partial charge in [0.2, 0.25) is 0 Å². The number of rotatable bonds is 9. The molecule has 10 rings (SSSR count). The fourth-order valence-corrected chi connectivity index (χ4v) is 9.18. The summed E-state index contributed by atoms with van der Waals surface area (Å²) in [6, 6.07) is 61.0. The number of hydrogen-bond acceptors (Lipinski definition) is 4. The van der Waals surface area contributed by atoms with Crippen molar-refractivity contribution in [2.45, 2.75) is 46.5 Å². The third-order valence-corrected chi connectivity index (χ3v) is 12.3. The van der Waals surface area contributed by atoms with Crippen molar-refractivity contribution in [3.63, 3.8) is 0 Å². The SMILES string of the molecule is Cc1cccc(C)c1-c1ccc(CCN2CN(c3cccc(Oc4ccc5c6ccccc6n(-c6cc(C(C)(C)C)ccn6)c5c4)c3)c3ccccc32)c(-c2ccccc2)c1. The lowest BCUT2D eigenvalue weighted by Crippen LogP contribution is -2.29. The number of fused-ring (bicyclic) bond motifs is 4. The molecule has 0 spiro atoms. The van der Waals surface area contributed by atoms with E-state index in [2.05, 4.69) is 213 Å². The highest BCUT2D eigenvalue weighted by Crippen LogP contribution is 2.43. The number of anilines is 3. The van der Waals surface area contributed by atoms with Crippen molar-refractivity contribution < 1.29 is 4.74 Å². The Labute approximate surface area is 359 Å². The lowest BCUT2D eigenvalue weighted by molar-refractivity contribution is 0.483. The van der Waals surface area contributed by atoms with Gasteiger partial charge in [-0.05, 0) is 131 Å². The Balaban J connectivity index is 0.933. The summed E-state index contributed by atoms with van der Waals surface area (Å²) in [5.41, 5.74) is 16.0. The molecule has 0 unspecified atom stereocenters. The average Bonchev–Trinajstić information content (AvgIpc) is 3.81. The maximum atomic E-state index is 6.71. The van der Waals surface area contributed by atoms with E-state index in [9.17, 15) is 0 Å². The molecule has 1 aliphatic rings. The molecule has 0 bridgehead atoms. The van der Waals surface area contributed by atoms with E-state index in [1.807, 2.05) is 12.3 Å². The van der Waals surface area contributed by atoms with Crippen LogP contribution in [-0.4, -0.2) is 22.8 Å². The molecule has 0 amide bonds. The molecule has 0 atom stereocenters. The average molecular weight is 795 g/mol. The van der Waals surface area contributed by atoms with Crippen molar-refractivity contribution in [2.24, 2.45) is 0 Å². The Kier molecular flexibility index (Phi) is 9.68. The quantitative estimate of drug-likeness (QED) is 0.146. The van der Waals surface area contributed by atoms with E-state index in [-0.39, 0.29) is 5.41 Å². The third-order valence-electron chi connectivity index (χ3n) is 12.3. The first kappa shape index (κ1) is 38.1. The summed E-state index contributed by atoms with van der Waals surface area (Å²) >= 11 is 0. The molecule has 0 radical (unpaired) electrons. The molecule has 7 aromatic carbocycles. The number of aromatic nitrogens is 2. The van der Waals surface area contributed by atoms with Gasteiger partial charge in [-0.1, -0.05) is 118 Å². The van der Waals surface area contributed by atoms with Gasteiger partial charge < -0.3 is 14.5 Å². The number of pyridine rings is 1. The third kappa shape index (κ3) is 7.20. The van der Waals surface area contributed by atoms with Crippen LogP contribution in [-0.2, 0) is 11.8 Å². The van der Waals surface area contributed by atoms with Crippen molar-refractivity contribution >= 4 is 38.9 Å². The number of hydrogen-bond donors (Lipinski definition) is 0. The van der Waals surface area contributed by atoms with E-state index in [4.69, 9.17) is 9.72 Å². The van der Waals surface area contributed by atoms with E-state index < -0.39 is 0 Å². The first-order valence-corrected chi connectivity index (χ1v) is 21.3. The van der Waals surface area contributed by atoms with Crippen LogP contribution in [0.5, 0.6) is 11.5 Å². The minimum absolute atomic E-state index is 0.00225. The zero-order chi connectivity index (χ0) is 41.7. The Hall–Kier alpha value is -7.11. The van der Waals surface area contributed by atoms with Gasteiger partial charge in [0.05, 0.1) is 29.1 Å². The molecule has 1 aliphatic heterocycles. The molecule has 0 saturated heterocycles. The molecule has 0 N–H and O–H groups in total. The van der Waals surface area contributed by atoms with Crippen LogP contribution in [0.2, 0.25) is 0 Å². The van der Waals surface area contributed by atoms with Gasteiger partial charge in [0, 0.05) is 41.3 Å². The monoisotopic (exact) mass is 794 g/mol. The number of nitrogens with zero attached hydrogens (tertiary/aromatic N) is 4. The fourth-order valence-electron chi connectivity index (χ4n) is 9.18. The van der Waals surface area contributed by atoms with Crippen molar-refractivity contribution in [3.8, 4) is 39.6 Å². The highest BCUT2D eigenvalue weighted by Gasteiger charge is 2.27. The van der Waals surface area contributed by atoms with E-state index in [0.717, 1.165) is 53.7 Å². The second-order valence-electron chi connectivity index (χ2n) is 17.4. The predicted octanol–water partition coefficient (Wildman–Crippen LogP) is 14.4. The first-order valence-electron chi connectivity index (χ1n) is 21.3. The summed E-state index contributed by atoms with van der Waals surface area (Å²) in [7, 11) is 0. The maximum Gasteiger partial charge on any atom is 0.137 e. The summed E-state index contributed by atoms with van der Waals surface area (Å²) in [5, 5.41) is 2.36.